The Balaban J connectivity index is 2.36. The van der Waals surface area contributed by atoms with Crippen molar-refractivity contribution < 1.29 is 19.4 Å². The number of hydrogen-bond donors (Lipinski definition) is 2. The van der Waals surface area contributed by atoms with Gasteiger partial charge in [-0.3, -0.25) is 0 Å². The number of aliphatic carboxylic acids is 1. The zero-order valence-corrected chi connectivity index (χ0v) is 8.66. The molecule has 0 spiro atoms. The smallest absolute Gasteiger partial charge is 0.407 e. The molecule has 1 aliphatic carbocycles. The first-order chi connectivity index (χ1) is 7.11. The molecule has 0 radical (unpaired) electrons. The third-order valence-corrected chi connectivity index (χ3v) is 2.46. The number of carboxylic acid groups (broad SMARTS) is 1. The molecule has 1 rings (SSSR count). The highest BCUT2D eigenvalue weighted by Gasteiger charge is 2.18. The van der Waals surface area contributed by atoms with E-state index in [2.05, 4.69) is 10.1 Å². The second-order valence-corrected chi connectivity index (χ2v) is 3.55. The first-order valence-electron chi connectivity index (χ1n) is 4.88. The van der Waals surface area contributed by atoms with Crippen molar-refractivity contribution >= 4 is 12.1 Å². The molecule has 5 nitrogen and oxygen atoms in total. The number of methoxy groups -OCH3 is 1. The molecule has 1 amide bonds. The monoisotopic (exact) mass is 213 g/mol. The van der Waals surface area contributed by atoms with Crippen molar-refractivity contribution in [2.24, 2.45) is 0 Å². The van der Waals surface area contributed by atoms with Crippen LogP contribution in [0.3, 0.4) is 0 Å². The van der Waals surface area contributed by atoms with Gasteiger partial charge in [0.2, 0.25) is 0 Å². The van der Waals surface area contributed by atoms with E-state index >= 15 is 0 Å². The van der Waals surface area contributed by atoms with Crippen LogP contribution in [-0.4, -0.2) is 30.3 Å². The number of carboxylic acids is 1. The normalized spacial score (nSPS) is 20.6. The molecule has 0 heterocycles. The van der Waals surface area contributed by atoms with Crippen molar-refractivity contribution in [1.29, 1.82) is 0 Å². The van der Waals surface area contributed by atoms with E-state index in [0.717, 1.165) is 31.3 Å². The van der Waals surface area contributed by atoms with Gasteiger partial charge in [-0.2, -0.15) is 0 Å². The van der Waals surface area contributed by atoms with E-state index in [9.17, 15) is 9.59 Å². The summed E-state index contributed by atoms with van der Waals surface area (Å²) in [5.41, 5.74) is 0.936. The second-order valence-electron chi connectivity index (χ2n) is 3.55. The van der Waals surface area contributed by atoms with Crippen molar-refractivity contribution in [1.82, 2.24) is 5.32 Å². The van der Waals surface area contributed by atoms with Crippen LogP contribution in [0.5, 0.6) is 0 Å². The molecule has 2 N–H and O–H groups in total. The van der Waals surface area contributed by atoms with Crippen LogP contribution < -0.4 is 5.32 Å². The molecule has 15 heavy (non-hydrogen) atoms. The third kappa shape index (κ3) is 4.01. The van der Waals surface area contributed by atoms with E-state index in [-0.39, 0.29) is 6.04 Å². The first kappa shape index (κ1) is 11.6. The van der Waals surface area contributed by atoms with Crippen molar-refractivity contribution in [3.05, 3.63) is 11.6 Å². The maximum Gasteiger partial charge on any atom is 0.407 e. The van der Waals surface area contributed by atoms with Crippen LogP contribution in [0.25, 0.3) is 0 Å². The molecular formula is C10H15NO4. The Morgan fingerprint density at radius 2 is 2.07 bits per heavy atom. The van der Waals surface area contributed by atoms with Crippen LogP contribution in [0.2, 0.25) is 0 Å². The van der Waals surface area contributed by atoms with E-state index in [1.807, 2.05) is 0 Å². The molecule has 1 fully saturated rings. The van der Waals surface area contributed by atoms with Crippen LogP contribution in [0.1, 0.15) is 25.7 Å². The van der Waals surface area contributed by atoms with Gasteiger partial charge in [-0.15, -0.1) is 0 Å². The number of ether oxygens (including phenoxy) is 1. The topological polar surface area (TPSA) is 75.6 Å². The summed E-state index contributed by atoms with van der Waals surface area (Å²) in [5.74, 6) is -0.899. The molecule has 0 bridgehead atoms. The quantitative estimate of drug-likeness (QED) is 0.678. The summed E-state index contributed by atoms with van der Waals surface area (Å²) in [4.78, 5) is 21.3. The van der Waals surface area contributed by atoms with Crippen molar-refractivity contribution in [2.75, 3.05) is 7.11 Å². The molecule has 0 atom stereocenters. The molecule has 0 aromatic carbocycles. The number of carbonyl (C=O) groups is 2. The lowest BCUT2D eigenvalue weighted by Crippen LogP contribution is -2.36. The predicted octanol–water partition coefficient (Wildman–Crippen LogP) is 1.30. The van der Waals surface area contributed by atoms with Gasteiger partial charge < -0.3 is 15.2 Å². The van der Waals surface area contributed by atoms with Crippen molar-refractivity contribution in [2.45, 2.75) is 31.7 Å². The summed E-state index contributed by atoms with van der Waals surface area (Å²) < 4.78 is 4.49. The summed E-state index contributed by atoms with van der Waals surface area (Å²) in [6, 6.07) is 0.100. The number of alkyl carbamates (subject to hydrolysis) is 1. The van der Waals surface area contributed by atoms with E-state index in [1.165, 1.54) is 13.2 Å². The van der Waals surface area contributed by atoms with Gasteiger partial charge in [0, 0.05) is 12.1 Å². The lowest BCUT2D eigenvalue weighted by molar-refractivity contribution is -0.131. The maximum atomic E-state index is 10.9. The van der Waals surface area contributed by atoms with Gasteiger partial charge >= 0.3 is 12.1 Å². The highest BCUT2D eigenvalue weighted by molar-refractivity contribution is 5.80. The Labute approximate surface area is 88.1 Å². The number of hydrogen-bond acceptors (Lipinski definition) is 3. The molecule has 0 aliphatic heterocycles. The average Bonchev–Trinajstić information content (AvgIpc) is 2.20. The highest BCUT2D eigenvalue weighted by Crippen LogP contribution is 2.23. The van der Waals surface area contributed by atoms with E-state index in [1.54, 1.807) is 0 Å². The third-order valence-electron chi connectivity index (χ3n) is 2.46. The molecular weight excluding hydrogens is 198 g/mol. The SMILES string of the molecule is COC(=O)NC1CCC(=CC(=O)O)CC1. The highest BCUT2D eigenvalue weighted by atomic mass is 16.5. The predicted molar refractivity (Wildman–Crippen MR) is 53.5 cm³/mol. The number of allylic oxidation sites excluding steroid dienone is 1. The minimum Gasteiger partial charge on any atom is -0.478 e. The van der Waals surface area contributed by atoms with Crippen LogP contribution in [0.4, 0.5) is 4.79 Å². The summed E-state index contributed by atoms with van der Waals surface area (Å²) >= 11 is 0. The van der Waals surface area contributed by atoms with Crippen LogP contribution >= 0.6 is 0 Å². The van der Waals surface area contributed by atoms with Gasteiger partial charge in [0.25, 0.3) is 0 Å². The Morgan fingerprint density at radius 1 is 1.47 bits per heavy atom. The maximum absolute atomic E-state index is 10.9. The standard InChI is InChI=1S/C10H15NO4/c1-15-10(14)11-8-4-2-7(3-5-8)6-9(12)13/h6,8H,2-5H2,1H3,(H,11,14)(H,12,13). The molecule has 0 aromatic rings. The molecule has 1 aliphatic rings. The van der Waals surface area contributed by atoms with Crippen LogP contribution in [0, 0.1) is 0 Å². The first-order valence-corrected chi connectivity index (χ1v) is 4.88. The number of amides is 1. The second kappa shape index (κ2) is 5.38. The fourth-order valence-corrected chi connectivity index (χ4v) is 1.68. The molecule has 1 saturated carbocycles. The largest absolute Gasteiger partial charge is 0.478 e. The summed E-state index contributed by atoms with van der Waals surface area (Å²) in [6.45, 7) is 0. The summed E-state index contributed by atoms with van der Waals surface area (Å²) in [6.07, 6.45) is 3.82. The lowest BCUT2D eigenvalue weighted by atomic mass is 9.91. The minimum atomic E-state index is -0.899. The number of nitrogens with one attached hydrogen (secondary N) is 1. The Bertz CT molecular complexity index is 275. The van der Waals surface area contributed by atoms with Gasteiger partial charge in [-0.1, -0.05) is 5.57 Å². The molecule has 5 heteroatoms. The van der Waals surface area contributed by atoms with Crippen LogP contribution in [0.15, 0.2) is 11.6 Å². The summed E-state index contributed by atoms with van der Waals surface area (Å²) in [7, 11) is 1.33. The van der Waals surface area contributed by atoms with Crippen molar-refractivity contribution in [3.63, 3.8) is 0 Å². The van der Waals surface area contributed by atoms with Gasteiger partial charge in [-0.05, 0) is 25.7 Å². The fourth-order valence-electron chi connectivity index (χ4n) is 1.68. The summed E-state index contributed by atoms with van der Waals surface area (Å²) in [5, 5.41) is 11.3. The number of rotatable bonds is 2. The van der Waals surface area contributed by atoms with E-state index in [4.69, 9.17) is 5.11 Å². The zero-order valence-electron chi connectivity index (χ0n) is 8.66. The number of carbonyl (C=O) groups excluding carboxylic acids is 1. The molecule has 84 valence electrons. The zero-order chi connectivity index (χ0) is 11.3. The van der Waals surface area contributed by atoms with Crippen molar-refractivity contribution in [3.8, 4) is 0 Å². The Hall–Kier alpha value is -1.52. The Kier molecular flexibility index (Phi) is 4.15. The fraction of sp³-hybridized carbons (Fsp3) is 0.600. The molecule has 0 unspecified atom stereocenters. The Morgan fingerprint density at radius 3 is 2.53 bits per heavy atom. The van der Waals surface area contributed by atoms with E-state index in [0.29, 0.717) is 0 Å². The van der Waals surface area contributed by atoms with Gasteiger partial charge in [-0.25, -0.2) is 9.59 Å². The van der Waals surface area contributed by atoms with Gasteiger partial charge in [0.1, 0.15) is 0 Å². The molecule has 0 aromatic heterocycles. The minimum absolute atomic E-state index is 0.100. The van der Waals surface area contributed by atoms with Gasteiger partial charge in [0.15, 0.2) is 0 Å². The molecule has 0 saturated heterocycles. The van der Waals surface area contributed by atoms with Crippen LogP contribution in [-0.2, 0) is 9.53 Å². The lowest BCUT2D eigenvalue weighted by Gasteiger charge is -2.23. The van der Waals surface area contributed by atoms with E-state index < -0.39 is 12.1 Å². The average molecular weight is 213 g/mol. The van der Waals surface area contributed by atoms with Gasteiger partial charge in [0.05, 0.1) is 7.11 Å².